The number of nitrogens with zero attached hydrogens (tertiary/aromatic N) is 4. The van der Waals surface area contributed by atoms with Crippen molar-refractivity contribution in [1.82, 2.24) is 20.2 Å². The van der Waals surface area contributed by atoms with Crippen molar-refractivity contribution < 1.29 is 9.53 Å². The molecule has 1 unspecified atom stereocenters. The average molecular weight is 453 g/mol. The highest BCUT2D eigenvalue weighted by molar-refractivity contribution is 6.06. The zero-order valence-electron chi connectivity index (χ0n) is 18.9. The van der Waals surface area contributed by atoms with E-state index in [2.05, 4.69) is 26.2 Å². The summed E-state index contributed by atoms with van der Waals surface area (Å²) < 4.78 is 7.54. The van der Waals surface area contributed by atoms with Crippen LogP contribution in [0.4, 0.5) is 11.6 Å². The molecule has 8 heteroatoms. The molecule has 4 aromatic rings. The molecule has 0 bridgehead atoms. The number of tetrazole rings is 1. The molecule has 1 aliphatic heterocycles. The van der Waals surface area contributed by atoms with E-state index >= 15 is 0 Å². The molecule has 0 spiro atoms. The van der Waals surface area contributed by atoms with E-state index in [1.165, 1.54) is 0 Å². The molecular formula is C26H24N6O2. The number of amides is 1. The molecule has 1 aliphatic rings. The molecule has 0 fully saturated rings. The number of hydrogen-bond donors (Lipinski definition) is 2. The van der Waals surface area contributed by atoms with Gasteiger partial charge in [-0.3, -0.25) is 4.79 Å². The van der Waals surface area contributed by atoms with E-state index in [1.54, 1.807) is 4.68 Å². The van der Waals surface area contributed by atoms with Gasteiger partial charge in [0.25, 0.3) is 5.91 Å². The van der Waals surface area contributed by atoms with E-state index in [1.807, 2.05) is 92.7 Å². The third-order valence-electron chi connectivity index (χ3n) is 5.71. The van der Waals surface area contributed by atoms with Gasteiger partial charge in [-0.2, -0.15) is 4.68 Å². The summed E-state index contributed by atoms with van der Waals surface area (Å²) in [6, 6.07) is 24.9. The van der Waals surface area contributed by atoms with E-state index < -0.39 is 6.04 Å². The van der Waals surface area contributed by atoms with Gasteiger partial charge in [0.15, 0.2) is 0 Å². The topological polar surface area (TPSA) is 94.0 Å². The predicted molar refractivity (Wildman–Crippen MR) is 129 cm³/mol. The summed E-state index contributed by atoms with van der Waals surface area (Å²) in [5.74, 6) is 1.01. The van der Waals surface area contributed by atoms with Gasteiger partial charge in [0, 0.05) is 11.4 Å². The lowest BCUT2D eigenvalue weighted by molar-refractivity contribution is -0.113. The number of rotatable bonds is 6. The molecule has 3 aromatic carbocycles. The Balaban J connectivity index is 1.41. The van der Waals surface area contributed by atoms with Gasteiger partial charge in [0.05, 0.1) is 5.57 Å². The van der Waals surface area contributed by atoms with Crippen LogP contribution in [-0.2, 0) is 11.4 Å². The smallest absolute Gasteiger partial charge is 0.255 e. The van der Waals surface area contributed by atoms with Crippen molar-refractivity contribution >= 4 is 17.5 Å². The van der Waals surface area contributed by atoms with E-state index in [0.717, 1.165) is 28.1 Å². The Kier molecular flexibility index (Phi) is 5.78. The maximum atomic E-state index is 13.4. The van der Waals surface area contributed by atoms with Crippen molar-refractivity contribution in [2.75, 3.05) is 10.6 Å². The van der Waals surface area contributed by atoms with E-state index in [0.29, 0.717) is 23.8 Å². The lowest BCUT2D eigenvalue weighted by atomic mass is 9.95. The molecular weight excluding hydrogens is 428 g/mol. The van der Waals surface area contributed by atoms with Crippen LogP contribution < -0.4 is 15.4 Å². The van der Waals surface area contributed by atoms with Crippen molar-refractivity contribution in [3.63, 3.8) is 0 Å². The largest absolute Gasteiger partial charge is 0.489 e. The number of aryl methyl sites for hydroxylation is 1. The van der Waals surface area contributed by atoms with Crippen molar-refractivity contribution in [2.45, 2.75) is 26.5 Å². The number of hydrogen-bond acceptors (Lipinski definition) is 6. The first-order valence-electron chi connectivity index (χ1n) is 11.0. The Morgan fingerprint density at radius 1 is 1.00 bits per heavy atom. The Hall–Kier alpha value is -4.46. The van der Waals surface area contributed by atoms with Crippen LogP contribution in [0.2, 0.25) is 0 Å². The summed E-state index contributed by atoms with van der Waals surface area (Å²) in [6.45, 7) is 4.34. The van der Waals surface area contributed by atoms with Crippen molar-refractivity contribution in [1.29, 1.82) is 0 Å². The van der Waals surface area contributed by atoms with Crippen LogP contribution >= 0.6 is 0 Å². The molecule has 34 heavy (non-hydrogen) atoms. The van der Waals surface area contributed by atoms with E-state index in [4.69, 9.17) is 4.74 Å². The SMILES string of the molecule is CC1=C(C(=O)Nc2ccc(C)cc2)C(c2ccc(OCc3ccccc3)cc2)n2nnnc2N1. The van der Waals surface area contributed by atoms with Gasteiger partial charge in [-0.1, -0.05) is 65.3 Å². The van der Waals surface area contributed by atoms with Gasteiger partial charge < -0.3 is 15.4 Å². The predicted octanol–water partition coefficient (Wildman–Crippen LogP) is 4.49. The highest BCUT2D eigenvalue weighted by Crippen LogP contribution is 2.35. The number of allylic oxidation sites excluding steroid dienone is 1. The van der Waals surface area contributed by atoms with Gasteiger partial charge in [0.1, 0.15) is 18.4 Å². The molecule has 0 saturated carbocycles. The number of benzene rings is 3. The summed E-state index contributed by atoms with van der Waals surface area (Å²) in [5, 5.41) is 18.1. The first-order chi connectivity index (χ1) is 16.6. The molecule has 2 heterocycles. The van der Waals surface area contributed by atoms with E-state index in [-0.39, 0.29) is 5.91 Å². The average Bonchev–Trinajstić information content (AvgIpc) is 3.32. The number of nitrogens with one attached hydrogen (secondary N) is 2. The molecule has 1 amide bonds. The summed E-state index contributed by atoms with van der Waals surface area (Å²) in [5.41, 5.74) is 5.05. The zero-order chi connectivity index (χ0) is 23.5. The van der Waals surface area contributed by atoms with Crippen LogP contribution in [0.25, 0.3) is 0 Å². The van der Waals surface area contributed by atoms with Gasteiger partial charge in [-0.15, -0.1) is 0 Å². The van der Waals surface area contributed by atoms with Crippen LogP contribution in [0.1, 0.15) is 29.7 Å². The molecule has 0 radical (unpaired) electrons. The zero-order valence-corrected chi connectivity index (χ0v) is 18.9. The number of carbonyl (C=O) groups is 1. The number of fused-ring (bicyclic) bond motifs is 1. The summed E-state index contributed by atoms with van der Waals surface area (Å²) in [7, 11) is 0. The minimum absolute atomic E-state index is 0.218. The fraction of sp³-hybridized carbons (Fsp3) is 0.154. The first-order valence-corrected chi connectivity index (χ1v) is 11.0. The normalized spacial score (nSPS) is 14.8. The second-order valence-corrected chi connectivity index (χ2v) is 8.18. The fourth-order valence-electron chi connectivity index (χ4n) is 3.94. The third-order valence-corrected chi connectivity index (χ3v) is 5.71. The lowest BCUT2D eigenvalue weighted by Gasteiger charge is -2.28. The van der Waals surface area contributed by atoms with Crippen molar-refractivity contribution in [2.24, 2.45) is 0 Å². The Morgan fingerprint density at radius 3 is 2.47 bits per heavy atom. The second-order valence-electron chi connectivity index (χ2n) is 8.18. The molecule has 5 rings (SSSR count). The quantitative estimate of drug-likeness (QED) is 0.448. The number of carbonyl (C=O) groups excluding carboxylic acids is 1. The van der Waals surface area contributed by atoms with Crippen LogP contribution in [0.15, 0.2) is 90.1 Å². The third kappa shape index (κ3) is 4.38. The minimum Gasteiger partial charge on any atom is -0.489 e. The fourth-order valence-corrected chi connectivity index (χ4v) is 3.94. The standard InChI is InChI=1S/C26H24N6O2/c1-17-8-12-21(13-9-17)28-25(33)23-18(2)27-26-29-30-31-32(26)24(23)20-10-14-22(15-11-20)34-16-19-6-4-3-5-7-19/h3-15,24H,16H2,1-2H3,(H,28,33)(H,27,29,31). The second kappa shape index (κ2) is 9.19. The summed E-state index contributed by atoms with van der Waals surface area (Å²) in [6.07, 6.45) is 0. The van der Waals surface area contributed by atoms with Crippen LogP contribution in [0.5, 0.6) is 5.75 Å². The summed E-state index contributed by atoms with van der Waals surface area (Å²) in [4.78, 5) is 13.4. The lowest BCUT2D eigenvalue weighted by Crippen LogP contribution is -2.31. The molecule has 170 valence electrons. The highest BCUT2D eigenvalue weighted by Gasteiger charge is 2.34. The van der Waals surface area contributed by atoms with E-state index in [9.17, 15) is 4.79 Å². The van der Waals surface area contributed by atoms with Gasteiger partial charge in [0.2, 0.25) is 5.95 Å². The Morgan fingerprint density at radius 2 is 1.74 bits per heavy atom. The van der Waals surface area contributed by atoms with Crippen molar-refractivity contribution in [3.05, 3.63) is 107 Å². The Labute approximate surface area is 197 Å². The van der Waals surface area contributed by atoms with Gasteiger partial charge in [-0.05, 0) is 59.7 Å². The number of aromatic nitrogens is 4. The minimum atomic E-state index is -0.486. The Bertz CT molecular complexity index is 1330. The molecule has 0 aliphatic carbocycles. The highest BCUT2D eigenvalue weighted by atomic mass is 16.5. The first kappa shape index (κ1) is 21.4. The van der Waals surface area contributed by atoms with Crippen molar-refractivity contribution in [3.8, 4) is 5.75 Å². The molecule has 1 atom stereocenters. The van der Waals surface area contributed by atoms with Crippen LogP contribution in [0.3, 0.4) is 0 Å². The summed E-state index contributed by atoms with van der Waals surface area (Å²) >= 11 is 0. The van der Waals surface area contributed by atoms with Crippen LogP contribution in [-0.4, -0.2) is 26.1 Å². The molecule has 1 aromatic heterocycles. The number of ether oxygens (including phenoxy) is 1. The van der Waals surface area contributed by atoms with Crippen LogP contribution in [0, 0.1) is 6.92 Å². The van der Waals surface area contributed by atoms with Gasteiger partial charge in [-0.25, -0.2) is 0 Å². The maximum Gasteiger partial charge on any atom is 0.255 e. The molecule has 2 N–H and O–H groups in total. The maximum absolute atomic E-state index is 13.4. The molecule has 8 nitrogen and oxygen atoms in total. The monoisotopic (exact) mass is 452 g/mol. The molecule has 0 saturated heterocycles. The number of anilines is 2. The van der Waals surface area contributed by atoms with Gasteiger partial charge >= 0.3 is 0 Å².